The zero-order valence-electron chi connectivity index (χ0n) is 11.6. The summed E-state index contributed by atoms with van der Waals surface area (Å²) in [5.74, 6) is 0.865. The van der Waals surface area contributed by atoms with Crippen molar-refractivity contribution >= 4 is 0 Å². The normalized spacial score (nSPS) is 21.6. The second-order valence-electron chi connectivity index (χ2n) is 6.19. The van der Waals surface area contributed by atoms with Crippen LogP contribution in [0, 0.1) is 5.41 Å². The Hall–Kier alpha value is -1.09. The Balaban J connectivity index is 1.90. The fourth-order valence-electron chi connectivity index (χ4n) is 2.41. The van der Waals surface area contributed by atoms with Crippen LogP contribution in [-0.2, 0) is 0 Å². The van der Waals surface area contributed by atoms with Crippen LogP contribution in [0.25, 0.3) is 0 Å². The summed E-state index contributed by atoms with van der Waals surface area (Å²) >= 11 is 0. The maximum atomic E-state index is 5.98. The highest BCUT2D eigenvalue weighted by Crippen LogP contribution is 2.36. The topological polar surface area (TPSA) is 48.1 Å². The zero-order chi connectivity index (χ0) is 13.2. The smallest absolute Gasteiger partial charge is 0.138 e. The van der Waals surface area contributed by atoms with E-state index in [2.05, 4.69) is 18.8 Å². The Kier molecular flexibility index (Phi) is 3.91. The maximum absolute atomic E-state index is 5.98. The molecule has 0 aromatic carbocycles. The molecule has 3 heteroatoms. The number of pyridine rings is 1. The number of rotatable bonds is 3. The van der Waals surface area contributed by atoms with Gasteiger partial charge < -0.3 is 10.5 Å². The van der Waals surface area contributed by atoms with Gasteiger partial charge in [0.05, 0.1) is 18.0 Å². The van der Waals surface area contributed by atoms with Gasteiger partial charge >= 0.3 is 0 Å². The van der Waals surface area contributed by atoms with Crippen molar-refractivity contribution in [1.82, 2.24) is 4.98 Å². The number of nitrogens with two attached hydrogens (primary N) is 1. The standard InChI is InChI=1S/C15H24N2O/c1-11(16)14-5-4-13(10-17-14)18-12-6-8-15(2,3)9-7-12/h4-5,10-12H,6-9,16H2,1-3H3/t11-/m0/s1. The molecule has 18 heavy (non-hydrogen) atoms. The van der Waals surface area contributed by atoms with Crippen LogP contribution in [0.1, 0.15) is 58.2 Å². The van der Waals surface area contributed by atoms with Crippen LogP contribution in [0.2, 0.25) is 0 Å². The Bertz CT molecular complexity index is 374. The first kappa shape index (κ1) is 13.3. The Morgan fingerprint density at radius 1 is 1.33 bits per heavy atom. The van der Waals surface area contributed by atoms with Gasteiger partial charge in [-0.2, -0.15) is 0 Å². The van der Waals surface area contributed by atoms with E-state index in [9.17, 15) is 0 Å². The van der Waals surface area contributed by atoms with E-state index in [1.807, 2.05) is 19.1 Å². The van der Waals surface area contributed by atoms with Gasteiger partial charge in [-0.25, -0.2) is 0 Å². The van der Waals surface area contributed by atoms with Crippen molar-refractivity contribution in [2.24, 2.45) is 11.1 Å². The predicted molar refractivity (Wildman–Crippen MR) is 73.5 cm³/mol. The first-order valence-electron chi connectivity index (χ1n) is 6.84. The highest BCUT2D eigenvalue weighted by molar-refractivity contribution is 5.21. The summed E-state index contributed by atoms with van der Waals surface area (Å²) in [7, 11) is 0. The van der Waals surface area contributed by atoms with E-state index in [1.54, 1.807) is 6.20 Å². The highest BCUT2D eigenvalue weighted by atomic mass is 16.5. The van der Waals surface area contributed by atoms with E-state index < -0.39 is 0 Å². The van der Waals surface area contributed by atoms with Crippen LogP contribution >= 0.6 is 0 Å². The van der Waals surface area contributed by atoms with Gasteiger partial charge in [0.15, 0.2) is 0 Å². The molecule has 0 bridgehead atoms. The molecule has 1 atom stereocenters. The van der Waals surface area contributed by atoms with Gasteiger partial charge in [0, 0.05) is 6.04 Å². The predicted octanol–water partition coefficient (Wildman–Crippen LogP) is 3.45. The third-order valence-electron chi connectivity index (χ3n) is 3.81. The Morgan fingerprint density at radius 3 is 2.50 bits per heavy atom. The fraction of sp³-hybridized carbons (Fsp3) is 0.667. The van der Waals surface area contributed by atoms with Gasteiger partial charge in [0.1, 0.15) is 5.75 Å². The first-order chi connectivity index (χ1) is 8.46. The molecule has 2 rings (SSSR count). The summed E-state index contributed by atoms with van der Waals surface area (Å²) in [6, 6.07) is 3.91. The molecule has 0 spiro atoms. The fourth-order valence-corrected chi connectivity index (χ4v) is 2.41. The molecule has 1 aliphatic carbocycles. The molecule has 0 aliphatic heterocycles. The number of hydrogen-bond donors (Lipinski definition) is 1. The van der Waals surface area contributed by atoms with Crippen LogP contribution < -0.4 is 10.5 Å². The molecule has 1 aromatic heterocycles. The lowest BCUT2D eigenvalue weighted by molar-refractivity contribution is 0.0984. The van der Waals surface area contributed by atoms with Crippen LogP contribution in [0.4, 0.5) is 0 Å². The van der Waals surface area contributed by atoms with Crippen molar-refractivity contribution in [3.63, 3.8) is 0 Å². The molecule has 1 heterocycles. The largest absolute Gasteiger partial charge is 0.489 e. The summed E-state index contributed by atoms with van der Waals surface area (Å²) in [6.07, 6.45) is 6.90. The molecule has 0 radical (unpaired) electrons. The maximum Gasteiger partial charge on any atom is 0.138 e. The zero-order valence-corrected chi connectivity index (χ0v) is 11.6. The quantitative estimate of drug-likeness (QED) is 0.891. The van der Waals surface area contributed by atoms with Crippen LogP contribution in [0.15, 0.2) is 18.3 Å². The van der Waals surface area contributed by atoms with Crippen LogP contribution in [0.3, 0.4) is 0 Å². The second kappa shape index (κ2) is 5.27. The molecule has 1 aromatic rings. The van der Waals surface area contributed by atoms with E-state index >= 15 is 0 Å². The van der Waals surface area contributed by atoms with Crippen LogP contribution in [-0.4, -0.2) is 11.1 Å². The summed E-state index contributed by atoms with van der Waals surface area (Å²) in [6.45, 7) is 6.61. The van der Waals surface area contributed by atoms with Crippen molar-refractivity contribution in [2.45, 2.75) is 58.6 Å². The molecule has 0 saturated heterocycles. The number of nitrogens with zero attached hydrogens (tertiary/aromatic N) is 1. The second-order valence-corrected chi connectivity index (χ2v) is 6.19. The van der Waals surface area contributed by atoms with E-state index in [-0.39, 0.29) is 6.04 Å². The summed E-state index contributed by atoms with van der Waals surface area (Å²) in [4.78, 5) is 4.32. The van der Waals surface area contributed by atoms with E-state index in [4.69, 9.17) is 10.5 Å². The lowest BCUT2D eigenvalue weighted by atomic mass is 9.76. The first-order valence-corrected chi connectivity index (χ1v) is 6.84. The minimum Gasteiger partial charge on any atom is -0.489 e. The molecule has 0 unspecified atom stereocenters. The molecule has 1 fully saturated rings. The number of hydrogen-bond acceptors (Lipinski definition) is 3. The lowest BCUT2D eigenvalue weighted by Crippen LogP contribution is -2.28. The summed E-state index contributed by atoms with van der Waals surface area (Å²) in [5, 5.41) is 0. The number of ether oxygens (including phenoxy) is 1. The van der Waals surface area contributed by atoms with E-state index in [0.717, 1.165) is 24.3 Å². The van der Waals surface area contributed by atoms with Crippen molar-refractivity contribution in [3.8, 4) is 5.75 Å². The molecule has 1 aliphatic rings. The van der Waals surface area contributed by atoms with Gasteiger partial charge in [-0.05, 0) is 50.2 Å². The molecule has 2 N–H and O–H groups in total. The summed E-state index contributed by atoms with van der Waals surface area (Å²) in [5.41, 5.74) is 7.17. The van der Waals surface area contributed by atoms with E-state index in [0.29, 0.717) is 11.5 Å². The average Bonchev–Trinajstić information content (AvgIpc) is 2.33. The summed E-state index contributed by atoms with van der Waals surface area (Å²) < 4.78 is 5.98. The minimum atomic E-state index is -0.0190. The van der Waals surface area contributed by atoms with E-state index in [1.165, 1.54) is 12.8 Å². The van der Waals surface area contributed by atoms with Crippen molar-refractivity contribution in [1.29, 1.82) is 0 Å². The van der Waals surface area contributed by atoms with Gasteiger partial charge in [0.2, 0.25) is 0 Å². The Labute approximate surface area is 110 Å². The van der Waals surface area contributed by atoms with Crippen molar-refractivity contribution < 1.29 is 4.74 Å². The van der Waals surface area contributed by atoms with Crippen molar-refractivity contribution in [2.75, 3.05) is 0 Å². The molecule has 100 valence electrons. The molecule has 0 amide bonds. The minimum absolute atomic E-state index is 0.0190. The van der Waals surface area contributed by atoms with Gasteiger partial charge in [0.25, 0.3) is 0 Å². The van der Waals surface area contributed by atoms with Crippen molar-refractivity contribution in [3.05, 3.63) is 24.0 Å². The lowest BCUT2D eigenvalue weighted by Gasteiger charge is -2.34. The van der Waals surface area contributed by atoms with Gasteiger partial charge in [-0.3, -0.25) is 4.98 Å². The highest BCUT2D eigenvalue weighted by Gasteiger charge is 2.27. The van der Waals surface area contributed by atoms with Gasteiger partial charge in [-0.15, -0.1) is 0 Å². The average molecular weight is 248 g/mol. The molecule has 1 saturated carbocycles. The van der Waals surface area contributed by atoms with Crippen LogP contribution in [0.5, 0.6) is 5.75 Å². The monoisotopic (exact) mass is 248 g/mol. The SMILES string of the molecule is C[C@H](N)c1ccc(OC2CCC(C)(C)CC2)cn1. The number of aromatic nitrogens is 1. The molecular formula is C15H24N2O. The van der Waals surface area contributed by atoms with Gasteiger partial charge in [-0.1, -0.05) is 13.8 Å². The molecule has 3 nitrogen and oxygen atoms in total. The molecular weight excluding hydrogens is 224 g/mol. The third kappa shape index (κ3) is 3.45. The third-order valence-corrected chi connectivity index (χ3v) is 3.81. The Morgan fingerprint density at radius 2 is 2.00 bits per heavy atom.